The first kappa shape index (κ1) is 26.9. The highest BCUT2D eigenvalue weighted by Crippen LogP contribution is 2.34. The predicted molar refractivity (Wildman–Crippen MR) is 135 cm³/mol. The van der Waals surface area contributed by atoms with E-state index in [9.17, 15) is 18.0 Å². The van der Waals surface area contributed by atoms with Crippen molar-refractivity contribution in [2.75, 3.05) is 31.1 Å². The minimum absolute atomic E-state index is 0.169. The number of carboxylic acid groups (broad SMARTS) is 1. The van der Waals surface area contributed by atoms with Crippen LogP contribution in [-0.2, 0) is 4.79 Å². The Morgan fingerprint density at radius 1 is 1.14 bits per heavy atom. The number of carbonyl (C=O) groups excluding carboxylic acids is 1. The van der Waals surface area contributed by atoms with Crippen molar-refractivity contribution in [3.8, 4) is 0 Å². The van der Waals surface area contributed by atoms with Gasteiger partial charge in [0.25, 0.3) is 5.91 Å². The molecule has 37 heavy (non-hydrogen) atoms. The third-order valence-electron chi connectivity index (χ3n) is 6.70. The molecule has 2 fully saturated rings. The molecule has 0 atom stereocenters. The van der Waals surface area contributed by atoms with Crippen LogP contribution in [0.3, 0.4) is 0 Å². The van der Waals surface area contributed by atoms with Gasteiger partial charge in [0.1, 0.15) is 5.52 Å². The molecule has 3 aromatic rings. The summed E-state index contributed by atoms with van der Waals surface area (Å²) in [5.41, 5.74) is 3.38. The summed E-state index contributed by atoms with van der Waals surface area (Å²) < 4.78 is 34.0. The Morgan fingerprint density at radius 3 is 2.32 bits per heavy atom. The van der Waals surface area contributed by atoms with Crippen LogP contribution in [0.15, 0.2) is 29.9 Å². The van der Waals surface area contributed by atoms with E-state index in [2.05, 4.69) is 29.4 Å². The maximum absolute atomic E-state index is 12.7. The number of fused-ring (bicyclic) bond motifs is 1. The van der Waals surface area contributed by atoms with Gasteiger partial charge in [-0.25, -0.2) is 14.8 Å². The highest BCUT2D eigenvalue weighted by Gasteiger charge is 2.38. The number of alkyl halides is 3. The lowest BCUT2D eigenvalue weighted by Gasteiger charge is -2.32. The number of hydrogen-bond acceptors (Lipinski definition) is 6. The Hall–Kier alpha value is -3.15. The number of piperidine rings is 1. The zero-order valence-corrected chi connectivity index (χ0v) is 21.6. The molecule has 200 valence electrons. The van der Waals surface area contributed by atoms with Gasteiger partial charge in [-0.3, -0.25) is 4.79 Å². The third-order valence-corrected chi connectivity index (χ3v) is 7.56. The van der Waals surface area contributed by atoms with Crippen molar-refractivity contribution < 1.29 is 27.9 Å². The van der Waals surface area contributed by atoms with Crippen molar-refractivity contribution >= 4 is 40.1 Å². The maximum atomic E-state index is 12.7. The number of anilines is 1. The lowest BCUT2D eigenvalue weighted by atomic mass is 9.92. The number of thiophene rings is 1. The lowest BCUT2D eigenvalue weighted by molar-refractivity contribution is -0.192. The maximum Gasteiger partial charge on any atom is 0.490 e. The monoisotopic (exact) mass is 537 g/mol. The summed E-state index contributed by atoms with van der Waals surface area (Å²) >= 11 is 1.53. The van der Waals surface area contributed by atoms with Crippen molar-refractivity contribution in [2.45, 2.75) is 57.7 Å². The van der Waals surface area contributed by atoms with Crippen LogP contribution in [0.4, 0.5) is 19.0 Å². The van der Waals surface area contributed by atoms with E-state index < -0.39 is 12.1 Å². The zero-order valence-electron chi connectivity index (χ0n) is 20.7. The predicted octanol–water partition coefficient (Wildman–Crippen LogP) is 5.33. The molecule has 1 amide bonds. The van der Waals surface area contributed by atoms with Crippen LogP contribution >= 0.6 is 11.3 Å². The topological polar surface area (TPSA) is 91.6 Å². The molecule has 2 saturated heterocycles. The zero-order chi connectivity index (χ0) is 26.7. The smallest absolute Gasteiger partial charge is 0.475 e. The first-order valence-electron chi connectivity index (χ1n) is 12.3. The van der Waals surface area contributed by atoms with E-state index in [1.54, 1.807) is 0 Å². The van der Waals surface area contributed by atoms with E-state index in [4.69, 9.17) is 19.9 Å². The van der Waals surface area contributed by atoms with Crippen LogP contribution in [0.1, 0.15) is 66.9 Å². The molecule has 1 N–H and O–H groups in total. The second-order valence-electron chi connectivity index (χ2n) is 9.52. The number of imidazole rings is 1. The Kier molecular flexibility index (Phi) is 8.05. The molecule has 8 nitrogen and oxygen atoms in total. The summed E-state index contributed by atoms with van der Waals surface area (Å²) in [7, 11) is 0. The summed E-state index contributed by atoms with van der Waals surface area (Å²) in [6.07, 6.45) is 1.25. The third kappa shape index (κ3) is 6.06. The number of aliphatic carboxylic acids is 1. The normalized spacial score (nSPS) is 16.8. The van der Waals surface area contributed by atoms with Gasteiger partial charge in [-0.05, 0) is 57.0 Å². The van der Waals surface area contributed by atoms with Crippen LogP contribution in [0.2, 0.25) is 0 Å². The number of aromatic nitrogens is 3. The molecule has 0 aliphatic carbocycles. The molecule has 12 heteroatoms. The van der Waals surface area contributed by atoms with Gasteiger partial charge >= 0.3 is 12.1 Å². The first-order chi connectivity index (χ1) is 17.6. The minimum atomic E-state index is -5.08. The summed E-state index contributed by atoms with van der Waals surface area (Å²) in [6.45, 7) is 8.12. The van der Waals surface area contributed by atoms with E-state index in [1.165, 1.54) is 29.7 Å². The Morgan fingerprint density at radius 2 is 1.78 bits per heavy atom. The molecule has 2 aliphatic rings. The van der Waals surface area contributed by atoms with Gasteiger partial charge in [-0.15, -0.1) is 11.3 Å². The fraction of sp³-hybridized carbons (Fsp3) is 0.520. The number of pyridine rings is 1. The second kappa shape index (κ2) is 11.1. The van der Waals surface area contributed by atoms with Crippen molar-refractivity contribution in [3.05, 3.63) is 40.5 Å². The van der Waals surface area contributed by atoms with Crippen LogP contribution < -0.4 is 4.90 Å². The number of hydrogen-bond donors (Lipinski definition) is 1. The Labute approximate surface area is 216 Å². The summed E-state index contributed by atoms with van der Waals surface area (Å²) in [6, 6.07) is 6.48. The number of carbonyl (C=O) groups is 2. The summed E-state index contributed by atoms with van der Waals surface area (Å²) in [5.74, 6) is -1.15. The largest absolute Gasteiger partial charge is 0.490 e. The standard InChI is InChI=1S/C23H29N5OS.C2HF3O2/c1-16(2)28-15-24-21-19(28)14-18(25-22(21)26-9-3-4-10-26)17-7-11-27(12-8-17)23(29)20-6-5-13-30-20;3-2(4,5)1(6)7/h5-6,13-17H,3-4,7-12H2,1-2H3;(H,6,7). The number of rotatable bonds is 4. The van der Waals surface area contributed by atoms with Gasteiger partial charge in [0.2, 0.25) is 0 Å². The van der Waals surface area contributed by atoms with E-state index in [1.807, 2.05) is 28.7 Å². The van der Waals surface area contributed by atoms with Gasteiger partial charge in [0.15, 0.2) is 5.82 Å². The summed E-state index contributed by atoms with van der Waals surface area (Å²) in [4.78, 5) is 36.7. The number of nitrogens with zero attached hydrogens (tertiary/aromatic N) is 5. The number of amides is 1. The average molecular weight is 538 g/mol. The van der Waals surface area contributed by atoms with E-state index in [0.29, 0.717) is 12.0 Å². The fourth-order valence-electron chi connectivity index (χ4n) is 4.74. The molecule has 0 unspecified atom stereocenters. The molecule has 5 heterocycles. The van der Waals surface area contributed by atoms with Gasteiger partial charge in [0.05, 0.1) is 16.7 Å². The molecule has 0 spiro atoms. The molecular weight excluding hydrogens is 507 g/mol. The van der Waals surface area contributed by atoms with Gasteiger partial charge < -0.3 is 19.5 Å². The molecule has 3 aromatic heterocycles. The van der Waals surface area contributed by atoms with Crippen LogP contribution in [-0.4, -0.2) is 68.8 Å². The fourth-order valence-corrected chi connectivity index (χ4v) is 5.43. The SMILES string of the molecule is CC(C)n1cnc2c(N3CCCC3)nc(C3CCN(C(=O)c4cccs4)CC3)cc21.O=C(O)C(F)(F)F. The molecular formula is C25H30F3N5O3S. The Balaban J connectivity index is 0.000000405. The van der Waals surface area contributed by atoms with Crippen molar-refractivity contribution in [3.63, 3.8) is 0 Å². The van der Waals surface area contributed by atoms with Crippen molar-refractivity contribution in [1.29, 1.82) is 0 Å². The van der Waals surface area contributed by atoms with Crippen molar-refractivity contribution in [2.24, 2.45) is 0 Å². The molecule has 0 saturated carbocycles. The van der Waals surface area contributed by atoms with E-state index in [0.717, 1.165) is 60.9 Å². The molecule has 0 radical (unpaired) electrons. The van der Waals surface area contributed by atoms with Crippen LogP contribution in [0, 0.1) is 0 Å². The van der Waals surface area contributed by atoms with E-state index >= 15 is 0 Å². The number of carboxylic acids is 1. The Bertz CT molecular complexity index is 1230. The lowest BCUT2D eigenvalue weighted by Crippen LogP contribution is -2.37. The molecule has 0 aromatic carbocycles. The first-order valence-corrected chi connectivity index (χ1v) is 13.2. The van der Waals surface area contributed by atoms with Crippen LogP contribution in [0.5, 0.6) is 0 Å². The number of halogens is 3. The summed E-state index contributed by atoms with van der Waals surface area (Å²) in [5, 5.41) is 9.09. The number of likely N-dealkylation sites (tertiary alicyclic amines) is 1. The van der Waals surface area contributed by atoms with Gasteiger partial charge in [0, 0.05) is 43.8 Å². The van der Waals surface area contributed by atoms with Crippen LogP contribution in [0.25, 0.3) is 11.0 Å². The highest BCUT2D eigenvalue weighted by atomic mass is 32.1. The average Bonchev–Trinajstić information content (AvgIpc) is 3.64. The quantitative estimate of drug-likeness (QED) is 0.484. The minimum Gasteiger partial charge on any atom is -0.475 e. The highest BCUT2D eigenvalue weighted by molar-refractivity contribution is 7.12. The van der Waals surface area contributed by atoms with Gasteiger partial charge in [-0.2, -0.15) is 13.2 Å². The molecule has 2 aliphatic heterocycles. The molecule has 0 bridgehead atoms. The second-order valence-corrected chi connectivity index (χ2v) is 10.5. The molecule has 5 rings (SSSR count). The van der Waals surface area contributed by atoms with Gasteiger partial charge in [-0.1, -0.05) is 6.07 Å². The van der Waals surface area contributed by atoms with E-state index in [-0.39, 0.29) is 5.91 Å². The van der Waals surface area contributed by atoms with Crippen molar-refractivity contribution in [1.82, 2.24) is 19.4 Å².